The summed E-state index contributed by atoms with van der Waals surface area (Å²) in [4.78, 5) is 36.3. The summed E-state index contributed by atoms with van der Waals surface area (Å²) in [7, 11) is 0. The molecule has 5 heteroatoms. The van der Waals surface area contributed by atoms with Gasteiger partial charge in [-0.1, -0.05) is 27.7 Å². The van der Waals surface area contributed by atoms with Gasteiger partial charge in [0, 0.05) is 6.42 Å². The molecule has 0 saturated carbocycles. The zero-order chi connectivity index (χ0) is 13.2. The molecule has 0 radical (unpaired) electrons. The average Bonchev–Trinajstić information content (AvgIpc) is 2.13. The molecule has 1 heterocycles. The maximum atomic E-state index is 12.1. The van der Waals surface area contributed by atoms with Crippen LogP contribution in [0.15, 0.2) is 0 Å². The largest absolute Gasteiger partial charge is 0.321 e. The van der Waals surface area contributed by atoms with Crippen molar-refractivity contribution >= 4 is 17.7 Å². The minimum Gasteiger partial charge on any atom is -0.321 e. The van der Waals surface area contributed by atoms with E-state index >= 15 is 0 Å². The smallest absolute Gasteiger partial charge is 0.249 e. The first-order chi connectivity index (χ1) is 7.74. The average molecular weight is 240 g/mol. The molecule has 3 amide bonds. The lowest BCUT2D eigenvalue weighted by atomic mass is 9.91. The van der Waals surface area contributed by atoms with Gasteiger partial charge in [0.1, 0.15) is 12.6 Å². The summed E-state index contributed by atoms with van der Waals surface area (Å²) in [5, 5.41) is 2.26. The van der Waals surface area contributed by atoms with Gasteiger partial charge >= 0.3 is 0 Å². The van der Waals surface area contributed by atoms with E-state index < -0.39 is 11.9 Å². The van der Waals surface area contributed by atoms with Gasteiger partial charge in [0.15, 0.2) is 0 Å². The normalized spacial score (nSPS) is 21.4. The third kappa shape index (κ3) is 3.54. The van der Waals surface area contributed by atoms with Gasteiger partial charge in [0.25, 0.3) is 0 Å². The van der Waals surface area contributed by atoms with Crippen LogP contribution in [0.4, 0.5) is 0 Å². The fraction of sp³-hybridized carbons (Fsp3) is 0.750. The number of nitrogens with one attached hydrogen (secondary N) is 1. The molecule has 1 fully saturated rings. The lowest BCUT2D eigenvalue weighted by Crippen LogP contribution is -2.59. The molecule has 1 aliphatic heterocycles. The molecule has 1 aliphatic rings. The Balaban J connectivity index is 2.81. The zero-order valence-electron chi connectivity index (χ0n) is 10.9. The number of amides is 3. The SMILES string of the molecule is CCC1C(=O)NC(=O)CN1C(=O)CC(C)(C)C. The standard InChI is InChI=1S/C12H20N2O3/c1-5-8-11(17)13-9(15)7-14(8)10(16)6-12(2,3)4/h8H,5-7H2,1-4H3,(H,13,15,17). The first kappa shape index (κ1) is 13.7. The second kappa shape index (κ2) is 4.85. The van der Waals surface area contributed by atoms with Crippen LogP contribution in [0.3, 0.4) is 0 Å². The summed E-state index contributed by atoms with van der Waals surface area (Å²) in [6, 6.07) is -0.512. The fourth-order valence-corrected chi connectivity index (χ4v) is 1.89. The number of nitrogens with zero attached hydrogens (tertiary/aromatic N) is 1. The van der Waals surface area contributed by atoms with Crippen LogP contribution in [0.2, 0.25) is 0 Å². The van der Waals surface area contributed by atoms with Crippen LogP contribution in [-0.2, 0) is 14.4 Å². The molecular weight excluding hydrogens is 220 g/mol. The highest BCUT2D eigenvalue weighted by Crippen LogP contribution is 2.22. The molecule has 1 N–H and O–H groups in total. The third-order valence-electron chi connectivity index (χ3n) is 2.64. The van der Waals surface area contributed by atoms with Gasteiger partial charge in [0.2, 0.25) is 17.7 Å². The van der Waals surface area contributed by atoms with E-state index in [1.54, 1.807) is 0 Å². The highest BCUT2D eigenvalue weighted by atomic mass is 16.2. The monoisotopic (exact) mass is 240 g/mol. The van der Waals surface area contributed by atoms with Crippen molar-refractivity contribution in [3.05, 3.63) is 0 Å². The van der Waals surface area contributed by atoms with Crippen LogP contribution in [0.1, 0.15) is 40.5 Å². The van der Waals surface area contributed by atoms with Crippen molar-refractivity contribution in [3.63, 3.8) is 0 Å². The van der Waals surface area contributed by atoms with E-state index in [0.717, 1.165) is 0 Å². The summed E-state index contributed by atoms with van der Waals surface area (Å²) in [5.41, 5.74) is -0.146. The number of imide groups is 1. The predicted octanol–water partition coefficient (Wildman–Crippen LogP) is 0.686. The van der Waals surface area contributed by atoms with E-state index in [-0.39, 0.29) is 23.8 Å². The molecule has 0 aromatic heterocycles. The molecule has 0 bridgehead atoms. The molecule has 5 nitrogen and oxygen atoms in total. The van der Waals surface area contributed by atoms with Crippen LogP contribution in [0.5, 0.6) is 0 Å². The van der Waals surface area contributed by atoms with Crippen molar-refractivity contribution in [2.75, 3.05) is 6.54 Å². The van der Waals surface area contributed by atoms with Crippen molar-refractivity contribution in [3.8, 4) is 0 Å². The maximum Gasteiger partial charge on any atom is 0.249 e. The van der Waals surface area contributed by atoms with E-state index in [2.05, 4.69) is 5.32 Å². The zero-order valence-corrected chi connectivity index (χ0v) is 10.9. The van der Waals surface area contributed by atoms with Crippen LogP contribution in [0, 0.1) is 5.41 Å². The Morgan fingerprint density at radius 3 is 2.47 bits per heavy atom. The van der Waals surface area contributed by atoms with Gasteiger partial charge < -0.3 is 4.90 Å². The van der Waals surface area contributed by atoms with Gasteiger partial charge in [-0.15, -0.1) is 0 Å². The van der Waals surface area contributed by atoms with Crippen molar-refractivity contribution < 1.29 is 14.4 Å². The van der Waals surface area contributed by atoms with Gasteiger partial charge in [-0.05, 0) is 11.8 Å². The molecular formula is C12H20N2O3. The Morgan fingerprint density at radius 1 is 1.41 bits per heavy atom. The Bertz CT molecular complexity index is 344. The van der Waals surface area contributed by atoms with Gasteiger partial charge in [-0.2, -0.15) is 0 Å². The van der Waals surface area contributed by atoms with E-state index in [9.17, 15) is 14.4 Å². The van der Waals surface area contributed by atoms with Crippen molar-refractivity contribution in [1.82, 2.24) is 10.2 Å². The van der Waals surface area contributed by atoms with E-state index in [4.69, 9.17) is 0 Å². The minimum absolute atomic E-state index is 0.0147. The van der Waals surface area contributed by atoms with E-state index in [1.807, 2.05) is 27.7 Å². The predicted molar refractivity (Wildman–Crippen MR) is 63.0 cm³/mol. The summed E-state index contributed by atoms with van der Waals surface area (Å²) in [6.07, 6.45) is 0.860. The highest BCUT2D eigenvalue weighted by molar-refractivity contribution is 6.04. The summed E-state index contributed by atoms with van der Waals surface area (Å²) in [5.74, 6) is -0.902. The second-order valence-electron chi connectivity index (χ2n) is 5.60. The number of piperazine rings is 1. The molecule has 1 atom stereocenters. The number of hydrogen-bond acceptors (Lipinski definition) is 3. The van der Waals surface area contributed by atoms with Gasteiger partial charge in [-0.3, -0.25) is 19.7 Å². The molecule has 1 unspecified atom stereocenters. The molecule has 0 aliphatic carbocycles. The van der Waals surface area contributed by atoms with Gasteiger partial charge in [-0.25, -0.2) is 0 Å². The molecule has 96 valence electrons. The Labute approximate surface area is 102 Å². The van der Waals surface area contributed by atoms with E-state index in [0.29, 0.717) is 12.8 Å². The van der Waals surface area contributed by atoms with Crippen molar-refractivity contribution in [1.29, 1.82) is 0 Å². The van der Waals surface area contributed by atoms with Crippen molar-refractivity contribution in [2.24, 2.45) is 5.41 Å². The van der Waals surface area contributed by atoms with Crippen LogP contribution >= 0.6 is 0 Å². The molecule has 1 rings (SSSR count). The van der Waals surface area contributed by atoms with E-state index in [1.165, 1.54) is 4.90 Å². The molecule has 0 aromatic rings. The lowest BCUT2D eigenvalue weighted by Gasteiger charge is -2.35. The number of carbonyl (C=O) groups is 3. The Hall–Kier alpha value is -1.39. The van der Waals surface area contributed by atoms with Crippen LogP contribution < -0.4 is 5.32 Å². The minimum atomic E-state index is -0.512. The summed E-state index contributed by atoms with van der Waals surface area (Å²) in [6.45, 7) is 7.68. The first-order valence-electron chi connectivity index (χ1n) is 5.88. The third-order valence-corrected chi connectivity index (χ3v) is 2.64. The number of carbonyl (C=O) groups excluding carboxylic acids is 3. The summed E-state index contributed by atoms with van der Waals surface area (Å²) < 4.78 is 0. The summed E-state index contributed by atoms with van der Waals surface area (Å²) >= 11 is 0. The topological polar surface area (TPSA) is 66.5 Å². The quantitative estimate of drug-likeness (QED) is 0.722. The lowest BCUT2D eigenvalue weighted by molar-refractivity contribution is -0.151. The molecule has 1 saturated heterocycles. The molecule has 0 spiro atoms. The highest BCUT2D eigenvalue weighted by Gasteiger charge is 2.36. The first-order valence-corrected chi connectivity index (χ1v) is 5.88. The Kier molecular flexibility index (Phi) is 3.91. The fourth-order valence-electron chi connectivity index (χ4n) is 1.89. The molecule has 17 heavy (non-hydrogen) atoms. The van der Waals surface area contributed by atoms with Gasteiger partial charge in [0.05, 0.1) is 0 Å². The number of hydrogen-bond donors (Lipinski definition) is 1. The van der Waals surface area contributed by atoms with Crippen molar-refractivity contribution in [2.45, 2.75) is 46.6 Å². The molecule has 0 aromatic carbocycles. The Morgan fingerprint density at radius 2 is 2.00 bits per heavy atom. The maximum absolute atomic E-state index is 12.1. The number of rotatable bonds is 2. The van der Waals surface area contributed by atoms with Crippen LogP contribution in [-0.4, -0.2) is 35.2 Å². The second-order valence-corrected chi connectivity index (χ2v) is 5.60. The van der Waals surface area contributed by atoms with Crippen LogP contribution in [0.25, 0.3) is 0 Å².